The first kappa shape index (κ1) is 23.8. The van der Waals surface area contributed by atoms with Crippen LogP contribution in [-0.4, -0.2) is 73.9 Å². The fourth-order valence-corrected chi connectivity index (χ4v) is 6.11. The fourth-order valence-electron chi connectivity index (χ4n) is 5.08. The third-order valence-electron chi connectivity index (χ3n) is 7.12. The topological polar surface area (TPSA) is 119 Å². The number of hydrogen-bond acceptors (Lipinski definition) is 8. The van der Waals surface area contributed by atoms with Gasteiger partial charge < -0.3 is 15.4 Å². The number of rotatable bonds is 6. The molecule has 192 valence electrons. The summed E-state index contributed by atoms with van der Waals surface area (Å²) in [4.78, 5) is 34.2. The molecule has 1 unspecified atom stereocenters. The Morgan fingerprint density at radius 3 is 2.84 bits per heavy atom. The molecule has 2 aliphatic rings. The van der Waals surface area contributed by atoms with Gasteiger partial charge in [-0.3, -0.25) is 24.2 Å². The number of pyridine rings is 1. The van der Waals surface area contributed by atoms with Crippen molar-refractivity contribution in [1.29, 1.82) is 0 Å². The average Bonchev–Trinajstić information content (AvgIpc) is 3.67. The van der Waals surface area contributed by atoms with E-state index in [-0.39, 0.29) is 17.2 Å². The number of ether oxygens (including phenoxy) is 1. The zero-order chi connectivity index (χ0) is 25.6. The van der Waals surface area contributed by atoms with Crippen molar-refractivity contribution in [3.05, 3.63) is 48.3 Å². The summed E-state index contributed by atoms with van der Waals surface area (Å²) in [6.45, 7) is 5.52. The van der Waals surface area contributed by atoms with E-state index in [9.17, 15) is 9.59 Å². The van der Waals surface area contributed by atoms with Gasteiger partial charge in [0.15, 0.2) is 0 Å². The normalized spacial score (nSPS) is 19.7. The number of amides is 2. The molecule has 0 radical (unpaired) electrons. The molecule has 6 rings (SSSR count). The zero-order valence-electron chi connectivity index (χ0n) is 20.7. The number of nitrogens with one attached hydrogen (secondary N) is 2. The maximum atomic E-state index is 13.2. The van der Waals surface area contributed by atoms with E-state index in [2.05, 4.69) is 30.7 Å². The molecule has 1 spiro atoms. The van der Waals surface area contributed by atoms with Crippen molar-refractivity contribution in [1.82, 2.24) is 29.3 Å². The highest BCUT2D eigenvalue weighted by Crippen LogP contribution is 2.38. The van der Waals surface area contributed by atoms with E-state index in [1.54, 1.807) is 33.9 Å². The number of anilines is 2. The van der Waals surface area contributed by atoms with Gasteiger partial charge >= 0.3 is 0 Å². The summed E-state index contributed by atoms with van der Waals surface area (Å²) in [5.41, 5.74) is 3.37. The molecule has 4 aromatic heterocycles. The van der Waals surface area contributed by atoms with Crippen LogP contribution in [0.15, 0.2) is 37.1 Å². The molecule has 4 aromatic rings. The molecule has 0 aromatic carbocycles. The van der Waals surface area contributed by atoms with Gasteiger partial charge in [-0.15, -0.1) is 11.3 Å². The number of hydrogen-bond donors (Lipinski definition) is 2. The molecule has 6 heterocycles. The number of aryl methyl sites for hydroxylation is 2. The number of carbonyl (C=O) groups excluding carboxylic acids is 2. The van der Waals surface area contributed by atoms with Crippen LogP contribution in [0.4, 0.5) is 11.4 Å². The number of thiazole rings is 1. The second-order valence-electron chi connectivity index (χ2n) is 9.93. The van der Waals surface area contributed by atoms with E-state index < -0.39 is 0 Å². The monoisotopic (exact) mass is 520 g/mol. The van der Waals surface area contributed by atoms with E-state index in [0.717, 1.165) is 54.4 Å². The van der Waals surface area contributed by atoms with Crippen LogP contribution >= 0.6 is 11.3 Å². The number of likely N-dealkylation sites (tertiary alicyclic amines) is 1. The predicted molar refractivity (Wildman–Crippen MR) is 140 cm³/mol. The SMILES string of the molecule is Cc1ncc(NC(=O)CN2CCC3(CCOC3)C2)cc1NC(=O)c1cnn2cc(-c3cnn(C)c3)sc12. The van der Waals surface area contributed by atoms with Crippen LogP contribution in [0.3, 0.4) is 0 Å². The summed E-state index contributed by atoms with van der Waals surface area (Å²) >= 11 is 1.47. The molecule has 2 amide bonds. The van der Waals surface area contributed by atoms with Gasteiger partial charge in [0.05, 0.1) is 59.3 Å². The van der Waals surface area contributed by atoms with Gasteiger partial charge in [-0.05, 0) is 32.4 Å². The molecule has 0 aliphatic carbocycles. The summed E-state index contributed by atoms with van der Waals surface area (Å²) in [5, 5.41) is 14.4. The minimum absolute atomic E-state index is 0.0984. The third kappa shape index (κ3) is 4.75. The largest absolute Gasteiger partial charge is 0.381 e. The van der Waals surface area contributed by atoms with Gasteiger partial charge in [0.1, 0.15) is 4.83 Å². The first-order valence-electron chi connectivity index (χ1n) is 12.2. The van der Waals surface area contributed by atoms with Crippen molar-refractivity contribution in [3.63, 3.8) is 0 Å². The quantitative estimate of drug-likeness (QED) is 0.401. The summed E-state index contributed by atoms with van der Waals surface area (Å²) in [7, 11) is 1.86. The van der Waals surface area contributed by atoms with Crippen LogP contribution in [0.5, 0.6) is 0 Å². The summed E-state index contributed by atoms with van der Waals surface area (Å²) in [5.74, 6) is -0.386. The Morgan fingerprint density at radius 1 is 1.16 bits per heavy atom. The number of nitrogens with zero attached hydrogens (tertiary/aromatic N) is 6. The van der Waals surface area contributed by atoms with Crippen molar-refractivity contribution in [3.8, 4) is 10.4 Å². The van der Waals surface area contributed by atoms with Crippen LogP contribution in [0.25, 0.3) is 15.3 Å². The molecule has 37 heavy (non-hydrogen) atoms. The molecule has 1 atom stereocenters. The number of fused-ring (bicyclic) bond motifs is 1. The van der Waals surface area contributed by atoms with Gasteiger partial charge in [-0.2, -0.15) is 10.2 Å². The van der Waals surface area contributed by atoms with Crippen LogP contribution < -0.4 is 10.6 Å². The highest BCUT2D eigenvalue weighted by molar-refractivity contribution is 7.21. The lowest BCUT2D eigenvalue weighted by Crippen LogP contribution is -2.34. The second kappa shape index (κ2) is 9.36. The van der Waals surface area contributed by atoms with E-state index in [1.807, 2.05) is 26.4 Å². The fraction of sp³-hybridized carbons (Fsp3) is 0.400. The van der Waals surface area contributed by atoms with Crippen LogP contribution in [-0.2, 0) is 16.6 Å². The highest BCUT2D eigenvalue weighted by atomic mass is 32.1. The Balaban J connectivity index is 1.13. The van der Waals surface area contributed by atoms with E-state index in [0.29, 0.717) is 29.2 Å². The molecule has 12 heteroatoms. The first-order chi connectivity index (χ1) is 17.9. The van der Waals surface area contributed by atoms with Crippen molar-refractivity contribution >= 4 is 39.4 Å². The lowest BCUT2D eigenvalue weighted by Gasteiger charge is -2.21. The van der Waals surface area contributed by atoms with Gasteiger partial charge in [0.25, 0.3) is 5.91 Å². The molecule has 0 bridgehead atoms. The minimum atomic E-state index is -0.288. The molecular weight excluding hydrogens is 492 g/mol. The Morgan fingerprint density at radius 2 is 2.05 bits per heavy atom. The lowest BCUT2D eigenvalue weighted by atomic mass is 9.87. The molecule has 2 saturated heterocycles. The summed E-state index contributed by atoms with van der Waals surface area (Å²) in [6, 6.07) is 1.74. The van der Waals surface area contributed by atoms with E-state index >= 15 is 0 Å². The summed E-state index contributed by atoms with van der Waals surface area (Å²) < 4.78 is 9.02. The molecule has 0 saturated carbocycles. The van der Waals surface area contributed by atoms with Crippen molar-refractivity contribution in [2.45, 2.75) is 19.8 Å². The van der Waals surface area contributed by atoms with Crippen molar-refractivity contribution < 1.29 is 14.3 Å². The van der Waals surface area contributed by atoms with Crippen LogP contribution in [0.1, 0.15) is 28.9 Å². The molecule has 11 nitrogen and oxygen atoms in total. The molecular formula is C25H28N8O3S. The zero-order valence-corrected chi connectivity index (χ0v) is 21.5. The van der Waals surface area contributed by atoms with Gasteiger partial charge in [0, 0.05) is 43.6 Å². The third-order valence-corrected chi connectivity index (χ3v) is 8.28. The summed E-state index contributed by atoms with van der Waals surface area (Å²) in [6.07, 6.45) is 10.9. The average molecular weight is 521 g/mol. The Labute approximate surface area is 217 Å². The number of aromatic nitrogens is 5. The van der Waals surface area contributed by atoms with Gasteiger partial charge in [-0.1, -0.05) is 0 Å². The highest BCUT2D eigenvalue weighted by Gasteiger charge is 2.41. The van der Waals surface area contributed by atoms with E-state index in [4.69, 9.17) is 4.74 Å². The maximum absolute atomic E-state index is 13.2. The van der Waals surface area contributed by atoms with Gasteiger partial charge in [-0.25, -0.2) is 4.52 Å². The molecule has 2 N–H and O–H groups in total. The predicted octanol–water partition coefficient (Wildman–Crippen LogP) is 2.80. The molecule has 2 fully saturated rings. The Kier molecular flexibility index (Phi) is 6.01. The second-order valence-corrected chi connectivity index (χ2v) is 11.0. The van der Waals surface area contributed by atoms with Crippen molar-refractivity contribution in [2.75, 3.05) is 43.5 Å². The first-order valence-corrected chi connectivity index (χ1v) is 13.0. The lowest BCUT2D eigenvalue weighted by molar-refractivity contribution is -0.117. The minimum Gasteiger partial charge on any atom is -0.381 e. The van der Waals surface area contributed by atoms with Crippen LogP contribution in [0, 0.1) is 12.3 Å². The smallest absolute Gasteiger partial charge is 0.260 e. The van der Waals surface area contributed by atoms with E-state index in [1.165, 1.54) is 11.3 Å². The van der Waals surface area contributed by atoms with Gasteiger partial charge in [0.2, 0.25) is 5.91 Å². The van der Waals surface area contributed by atoms with Crippen molar-refractivity contribution in [2.24, 2.45) is 12.5 Å². The maximum Gasteiger partial charge on any atom is 0.260 e. The number of carbonyl (C=O) groups is 2. The standard InChI is InChI=1S/C25H28N8O3S/c1-16-20(7-18(9-26-16)29-22(34)13-32-5-3-25(14-32)4-6-36-15-25)30-23(35)19-10-28-33-12-21(37-24(19)33)17-8-27-31(2)11-17/h7-12H,3-6,13-15H2,1-2H3,(H,29,34)(H,30,35). The Hall–Kier alpha value is -3.61. The Bertz CT molecular complexity index is 1480. The van der Waals surface area contributed by atoms with Crippen LogP contribution in [0.2, 0.25) is 0 Å². The molecule has 2 aliphatic heterocycles.